The quantitative estimate of drug-likeness (QED) is 0.305. The number of hydrogen-bond donors (Lipinski definition) is 1. The Hall–Kier alpha value is -2.92. The van der Waals surface area contributed by atoms with Crippen molar-refractivity contribution in [2.45, 2.75) is 18.3 Å². The Bertz CT molecular complexity index is 1130. The highest BCUT2D eigenvalue weighted by atomic mass is 79.9. The Morgan fingerprint density at radius 3 is 2.87 bits per heavy atom. The second-order valence-corrected chi connectivity index (χ2v) is 7.89. The van der Waals surface area contributed by atoms with Crippen molar-refractivity contribution in [2.24, 2.45) is 0 Å². The number of aromatic nitrogens is 3. The van der Waals surface area contributed by atoms with E-state index in [1.54, 1.807) is 6.07 Å². The molecule has 0 fully saturated rings. The molecule has 0 radical (unpaired) electrons. The molecule has 0 saturated carbocycles. The summed E-state index contributed by atoms with van der Waals surface area (Å²) in [6.07, 6.45) is 1.05. The number of fused-ring (bicyclic) bond motifs is 3. The summed E-state index contributed by atoms with van der Waals surface area (Å²) < 4.78 is 12.7. The van der Waals surface area contributed by atoms with E-state index in [0.717, 1.165) is 15.7 Å². The second-order valence-electron chi connectivity index (χ2n) is 6.20. The molecule has 30 heavy (non-hydrogen) atoms. The molecule has 0 spiro atoms. The molecular formula is C19H16BrN5O4S. The van der Waals surface area contributed by atoms with E-state index >= 15 is 0 Å². The lowest BCUT2D eigenvalue weighted by Crippen LogP contribution is -2.18. The number of halogens is 1. The van der Waals surface area contributed by atoms with Crippen molar-refractivity contribution < 1.29 is 14.4 Å². The minimum absolute atomic E-state index is 0.0648. The Labute approximate surface area is 184 Å². The number of benzene rings is 2. The van der Waals surface area contributed by atoms with Crippen LogP contribution in [0.3, 0.4) is 0 Å². The van der Waals surface area contributed by atoms with E-state index < -0.39 is 11.2 Å². The summed E-state index contributed by atoms with van der Waals surface area (Å²) in [7, 11) is 0. The molecule has 0 saturated heterocycles. The molecule has 11 heteroatoms. The number of hydrogen-bond acceptors (Lipinski definition) is 9. The number of nitrogens with one attached hydrogen (secondary N) is 1. The molecule has 1 aliphatic heterocycles. The lowest BCUT2D eigenvalue weighted by molar-refractivity contribution is -0.385. The van der Waals surface area contributed by atoms with Crippen LogP contribution in [0.2, 0.25) is 0 Å². The molecule has 3 aromatic rings. The molecule has 2 aromatic carbocycles. The highest BCUT2D eigenvalue weighted by Crippen LogP contribution is 2.42. The molecule has 1 aromatic heterocycles. The third-order valence-corrected chi connectivity index (χ3v) is 5.39. The molecular weight excluding hydrogens is 474 g/mol. The molecule has 1 atom stereocenters. The highest BCUT2D eigenvalue weighted by Gasteiger charge is 2.29. The molecule has 1 N–H and O–H groups in total. The van der Waals surface area contributed by atoms with Crippen LogP contribution in [0.5, 0.6) is 11.6 Å². The number of nitro benzene ring substituents is 1. The van der Waals surface area contributed by atoms with Gasteiger partial charge in [0.25, 0.3) is 5.69 Å². The van der Waals surface area contributed by atoms with Crippen LogP contribution in [0.25, 0.3) is 11.3 Å². The predicted octanol–water partition coefficient (Wildman–Crippen LogP) is 4.83. The van der Waals surface area contributed by atoms with Gasteiger partial charge in [0, 0.05) is 27.9 Å². The zero-order valence-electron chi connectivity index (χ0n) is 16.0. The summed E-state index contributed by atoms with van der Waals surface area (Å²) in [5, 5.41) is 23.5. The van der Waals surface area contributed by atoms with E-state index in [-0.39, 0.29) is 11.6 Å². The van der Waals surface area contributed by atoms with Crippen molar-refractivity contribution in [3.63, 3.8) is 0 Å². The summed E-state index contributed by atoms with van der Waals surface area (Å²) in [6, 6.07) is 10.0. The van der Waals surface area contributed by atoms with Crippen LogP contribution in [0, 0.1) is 10.1 Å². The van der Waals surface area contributed by atoms with Crippen molar-refractivity contribution in [3.05, 3.63) is 56.5 Å². The molecule has 9 nitrogen and oxygen atoms in total. The average molecular weight is 490 g/mol. The van der Waals surface area contributed by atoms with Gasteiger partial charge < -0.3 is 14.8 Å². The fraction of sp³-hybridized carbons (Fsp3) is 0.211. The number of rotatable bonds is 5. The van der Waals surface area contributed by atoms with E-state index in [9.17, 15) is 10.1 Å². The Morgan fingerprint density at radius 1 is 1.30 bits per heavy atom. The van der Waals surface area contributed by atoms with Gasteiger partial charge in [-0.2, -0.15) is 4.98 Å². The van der Waals surface area contributed by atoms with E-state index in [2.05, 4.69) is 36.4 Å². The number of non-ortho nitro benzene ring substituents is 1. The average Bonchev–Trinajstić information content (AvgIpc) is 2.90. The number of nitro groups is 1. The molecule has 1 aliphatic rings. The summed E-state index contributed by atoms with van der Waals surface area (Å²) >= 11 is 4.82. The third-order valence-electron chi connectivity index (χ3n) is 4.36. The monoisotopic (exact) mass is 489 g/mol. The standard InChI is InChI=1S/C19H16BrN5O4S/c1-3-28-15-7-5-11(25(26)27)9-13(15)17-21-14-6-4-10(20)8-12(14)16-18(29-17)22-19(30-2)24-23-16/h4-9,17,21H,3H2,1-2H3/t17-/m0/s1. The number of ether oxygens (including phenoxy) is 2. The van der Waals surface area contributed by atoms with Gasteiger partial charge in [-0.15, -0.1) is 10.2 Å². The van der Waals surface area contributed by atoms with Gasteiger partial charge in [0.2, 0.25) is 17.3 Å². The van der Waals surface area contributed by atoms with Crippen LogP contribution < -0.4 is 14.8 Å². The van der Waals surface area contributed by atoms with Crippen molar-refractivity contribution in [2.75, 3.05) is 18.2 Å². The normalized spacial score (nSPS) is 14.6. The maximum Gasteiger partial charge on any atom is 0.270 e. The summed E-state index contributed by atoms with van der Waals surface area (Å²) in [6.45, 7) is 2.24. The number of nitrogens with zero attached hydrogens (tertiary/aromatic N) is 4. The maximum atomic E-state index is 11.4. The maximum absolute atomic E-state index is 11.4. The van der Waals surface area contributed by atoms with Crippen LogP contribution in [0.4, 0.5) is 11.4 Å². The lowest BCUT2D eigenvalue weighted by Gasteiger charge is -2.21. The largest absolute Gasteiger partial charge is 0.493 e. The van der Waals surface area contributed by atoms with Gasteiger partial charge in [-0.3, -0.25) is 10.1 Å². The SMILES string of the molecule is CCOc1ccc([N+](=O)[O-])cc1[C@H]1Nc2ccc(Br)cc2-c2nnc(SC)nc2O1. The molecule has 0 aliphatic carbocycles. The second kappa shape index (κ2) is 8.44. The minimum Gasteiger partial charge on any atom is -0.493 e. The van der Waals surface area contributed by atoms with Gasteiger partial charge in [0.1, 0.15) is 5.75 Å². The topological polar surface area (TPSA) is 112 Å². The summed E-state index contributed by atoms with van der Waals surface area (Å²) in [5.41, 5.74) is 2.37. The smallest absolute Gasteiger partial charge is 0.270 e. The van der Waals surface area contributed by atoms with Crippen LogP contribution in [0.1, 0.15) is 18.7 Å². The van der Waals surface area contributed by atoms with Crippen molar-refractivity contribution in [1.29, 1.82) is 0 Å². The van der Waals surface area contributed by atoms with Gasteiger partial charge in [0.15, 0.2) is 5.69 Å². The molecule has 4 rings (SSSR count). The van der Waals surface area contributed by atoms with Crippen molar-refractivity contribution in [1.82, 2.24) is 15.2 Å². The summed E-state index contributed by atoms with van der Waals surface area (Å²) in [4.78, 5) is 15.4. The van der Waals surface area contributed by atoms with Crippen molar-refractivity contribution >= 4 is 39.1 Å². The van der Waals surface area contributed by atoms with Gasteiger partial charge in [-0.05, 0) is 37.4 Å². The van der Waals surface area contributed by atoms with Crippen LogP contribution in [0.15, 0.2) is 46.0 Å². The highest BCUT2D eigenvalue weighted by molar-refractivity contribution is 9.10. The first-order chi connectivity index (χ1) is 14.5. The first-order valence-electron chi connectivity index (χ1n) is 8.93. The summed E-state index contributed by atoms with van der Waals surface area (Å²) in [5.74, 6) is 0.757. The zero-order chi connectivity index (χ0) is 21.3. The van der Waals surface area contributed by atoms with Gasteiger partial charge in [-0.25, -0.2) is 0 Å². The lowest BCUT2D eigenvalue weighted by atomic mass is 10.1. The van der Waals surface area contributed by atoms with Crippen LogP contribution >= 0.6 is 27.7 Å². The van der Waals surface area contributed by atoms with E-state index in [0.29, 0.717) is 28.8 Å². The molecule has 2 heterocycles. The zero-order valence-corrected chi connectivity index (χ0v) is 18.4. The molecule has 154 valence electrons. The predicted molar refractivity (Wildman–Crippen MR) is 116 cm³/mol. The van der Waals surface area contributed by atoms with Gasteiger partial charge in [-0.1, -0.05) is 27.7 Å². The first kappa shape index (κ1) is 20.4. The van der Waals surface area contributed by atoms with Crippen LogP contribution in [-0.4, -0.2) is 33.0 Å². The third kappa shape index (κ3) is 3.90. The molecule has 0 bridgehead atoms. The van der Waals surface area contributed by atoms with E-state index in [1.165, 1.54) is 23.9 Å². The van der Waals surface area contributed by atoms with Gasteiger partial charge in [0.05, 0.1) is 17.1 Å². The van der Waals surface area contributed by atoms with Crippen molar-refractivity contribution in [3.8, 4) is 22.9 Å². The molecule has 0 unspecified atom stereocenters. The first-order valence-corrected chi connectivity index (χ1v) is 10.9. The molecule has 0 amide bonds. The van der Waals surface area contributed by atoms with E-state index in [4.69, 9.17) is 9.47 Å². The Kier molecular flexibility index (Phi) is 5.73. The fourth-order valence-electron chi connectivity index (χ4n) is 3.04. The Morgan fingerprint density at radius 2 is 2.13 bits per heavy atom. The number of anilines is 1. The van der Waals surface area contributed by atoms with Gasteiger partial charge >= 0.3 is 0 Å². The van der Waals surface area contributed by atoms with Crippen LogP contribution in [-0.2, 0) is 0 Å². The Balaban J connectivity index is 1.89. The minimum atomic E-state index is -0.793. The van der Waals surface area contributed by atoms with E-state index in [1.807, 2.05) is 31.4 Å². The fourth-order valence-corrected chi connectivity index (χ4v) is 3.70. The number of thioether (sulfide) groups is 1.